The van der Waals surface area contributed by atoms with Crippen molar-refractivity contribution in [1.82, 2.24) is 24.1 Å². The summed E-state index contributed by atoms with van der Waals surface area (Å²) in [7, 11) is 0. The molecule has 0 aliphatic rings. The van der Waals surface area contributed by atoms with Crippen molar-refractivity contribution in [2.45, 2.75) is 0 Å². The molecule has 11 aromatic rings. The van der Waals surface area contributed by atoms with Gasteiger partial charge >= 0.3 is 0 Å². The van der Waals surface area contributed by atoms with E-state index >= 15 is 0 Å². The van der Waals surface area contributed by atoms with Gasteiger partial charge in [0, 0.05) is 64.0 Å². The Morgan fingerprint density at radius 3 is 1.93 bits per heavy atom. The van der Waals surface area contributed by atoms with Crippen LogP contribution in [0.5, 0.6) is 0 Å². The summed E-state index contributed by atoms with van der Waals surface area (Å²) in [5.41, 5.74) is 8.86. The van der Waals surface area contributed by atoms with Gasteiger partial charge in [-0.05, 0) is 100 Å². The van der Waals surface area contributed by atoms with Crippen molar-refractivity contribution in [3.05, 3.63) is 187 Å². The molecule has 5 heterocycles. The van der Waals surface area contributed by atoms with Crippen molar-refractivity contribution in [3.8, 4) is 22.6 Å². The zero-order valence-corrected chi connectivity index (χ0v) is 28.8. The molecule has 0 atom stereocenters. The molecule has 0 spiro atoms. The highest BCUT2D eigenvalue weighted by Gasteiger charge is 2.17. The third kappa shape index (κ3) is 5.24. The number of fused-ring (bicyclic) bond motifs is 8. The lowest BCUT2D eigenvalue weighted by molar-refractivity contribution is -0.384. The Balaban J connectivity index is 0.000000134. The molecule has 0 aliphatic carbocycles. The Morgan fingerprint density at radius 2 is 1.19 bits per heavy atom. The van der Waals surface area contributed by atoms with Crippen molar-refractivity contribution >= 4 is 71.0 Å². The molecule has 0 bridgehead atoms. The van der Waals surface area contributed by atoms with Gasteiger partial charge in [0.2, 0.25) is 0 Å². The Morgan fingerprint density at radius 1 is 0.537 bits per heavy atom. The lowest BCUT2D eigenvalue weighted by Gasteiger charge is -2.08. The molecule has 0 amide bonds. The number of nitro groups is 1. The summed E-state index contributed by atoms with van der Waals surface area (Å²) in [4.78, 5) is 23.2. The van der Waals surface area contributed by atoms with E-state index in [2.05, 4.69) is 127 Å². The molecular weight excluding hydrogens is 669 g/mol. The van der Waals surface area contributed by atoms with Crippen LogP contribution in [0.25, 0.3) is 87.9 Å². The molecule has 11 rings (SSSR count). The largest absolute Gasteiger partial charge is 0.353 e. The first-order valence-corrected chi connectivity index (χ1v) is 17.6. The van der Waals surface area contributed by atoms with Crippen LogP contribution in [-0.4, -0.2) is 29.0 Å². The summed E-state index contributed by atoms with van der Waals surface area (Å²) >= 11 is 0. The normalized spacial score (nSPS) is 11.5. The zero-order chi connectivity index (χ0) is 36.2. The fourth-order valence-electron chi connectivity index (χ4n) is 7.56. The molecular formula is C46H30N6O2. The molecule has 0 radical (unpaired) electrons. The van der Waals surface area contributed by atoms with Crippen LogP contribution in [0.15, 0.2) is 176 Å². The Kier molecular flexibility index (Phi) is 7.26. The highest BCUT2D eigenvalue weighted by atomic mass is 16.6. The number of nitrogens with zero attached hydrogens (tertiary/aromatic N) is 5. The maximum atomic E-state index is 11.3. The molecule has 256 valence electrons. The van der Waals surface area contributed by atoms with Gasteiger partial charge < -0.3 is 14.1 Å². The molecule has 1 N–H and O–H groups in total. The molecule has 5 aromatic heterocycles. The van der Waals surface area contributed by atoms with Gasteiger partial charge in [-0.2, -0.15) is 0 Å². The van der Waals surface area contributed by atoms with Crippen molar-refractivity contribution in [2.75, 3.05) is 0 Å². The van der Waals surface area contributed by atoms with Gasteiger partial charge in [-0.25, -0.2) is 4.98 Å². The topological polar surface area (TPSA) is 94.6 Å². The Bertz CT molecular complexity index is 3230. The minimum Gasteiger partial charge on any atom is -0.353 e. The standard InChI is InChI=1S/C23H15N3O2.C23H15N3/c27-26(28)22-6-3-12-24-23(22)19-8-10-21-18(14-19)11-13-25(21)20-9-7-16-4-1-2-5-17(16)15-20;1-2-5-16-14-17(8-7-15(16)4-1)26-13-11-18-21(26)10-9-19-22(18)25-20-6-3-12-24-23(19)20/h1-15H;1-14,25H. The van der Waals surface area contributed by atoms with Crippen LogP contribution < -0.4 is 0 Å². The van der Waals surface area contributed by atoms with Gasteiger partial charge in [0.15, 0.2) is 0 Å². The molecule has 0 saturated carbocycles. The van der Waals surface area contributed by atoms with E-state index in [1.54, 1.807) is 12.3 Å². The van der Waals surface area contributed by atoms with Crippen LogP contribution in [0, 0.1) is 10.1 Å². The summed E-state index contributed by atoms with van der Waals surface area (Å²) in [6.45, 7) is 0. The van der Waals surface area contributed by atoms with Crippen LogP contribution in [0.1, 0.15) is 0 Å². The molecule has 8 heteroatoms. The number of aromatic nitrogens is 5. The summed E-state index contributed by atoms with van der Waals surface area (Å²) < 4.78 is 4.37. The van der Waals surface area contributed by atoms with Gasteiger partial charge in [-0.3, -0.25) is 15.1 Å². The van der Waals surface area contributed by atoms with E-state index in [1.165, 1.54) is 49.6 Å². The number of hydrogen-bond donors (Lipinski definition) is 1. The van der Waals surface area contributed by atoms with E-state index in [1.807, 2.05) is 54.9 Å². The molecule has 0 aliphatic heterocycles. The molecule has 6 aromatic carbocycles. The summed E-state index contributed by atoms with van der Waals surface area (Å²) in [6, 6.07) is 51.2. The first-order valence-electron chi connectivity index (χ1n) is 17.6. The third-order valence-electron chi connectivity index (χ3n) is 10.2. The predicted molar refractivity (Wildman–Crippen MR) is 219 cm³/mol. The number of aromatic amines is 1. The van der Waals surface area contributed by atoms with Crippen molar-refractivity contribution < 1.29 is 4.92 Å². The maximum Gasteiger partial charge on any atom is 0.295 e. The number of benzene rings is 6. The van der Waals surface area contributed by atoms with Crippen LogP contribution in [-0.2, 0) is 0 Å². The van der Waals surface area contributed by atoms with E-state index < -0.39 is 4.92 Å². The van der Waals surface area contributed by atoms with Gasteiger partial charge in [0.1, 0.15) is 5.69 Å². The average Bonchev–Trinajstić information content (AvgIpc) is 3.96. The van der Waals surface area contributed by atoms with Crippen molar-refractivity contribution in [2.24, 2.45) is 0 Å². The van der Waals surface area contributed by atoms with Crippen molar-refractivity contribution in [3.63, 3.8) is 0 Å². The summed E-state index contributed by atoms with van der Waals surface area (Å²) in [6.07, 6.45) is 7.59. The van der Waals surface area contributed by atoms with Gasteiger partial charge in [-0.1, -0.05) is 66.7 Å². The van der Waals surface area contributed by atoms with Gasteiger partial charge in [0.25, 0.3) is 5.69 Å². The van der Waals surface area contributed by atoms with E-state index in [4.69, 9.17) is 0 Å². The van der Waals surface area contributed by atoms with E-state index in [9.17, 15) is 10.1 Å². The second kappa shape index (κ2) is 12.6. The third-order valence-corrected chi connectivity index (χ3v) is 10.2. The molecule has 54 heavy (non-hydrogen) atoms. The monoisotopic (exact) mass is 698 g/mol. The van der Waals surface area contributed by atoms with Crippen LogP contribution in [0.3, 0.4) is 0 Å². The van der Waals surface area contributed by atoms with Crippen LogP contribution >= 0.6 is 0 Å². The SMILES string of the molecule is O=[N+]([O-])c1cccnc1-c1ccc2c(ccn2-c2ccc3ccccc3c2)c1.c1ccc2cc(-n3ccc4c5[nH]c6cccnc6c5ccc43)ccc2c1. The highest BCUT2D eigenvalue weighted by molar-refractivity contribution is 6.15. The number of pyridine rings is 2. The molecule has 0 unspecified atom stereocenters. The maximum absolute atomic E-state index is 11.3. The smallest absolute Gasteiger partial charge is 0.295 e. The first kappa shape index (κ1) is 31.2. The molecule has 0 fully saturated rings. The Hall–Kier alpha value is -7.58. The first-order chi connectivity index (χ1) is 26.6. The highest BCUT2D eigenvalue weighted by Crippen LogP contribution is 2.34. The van der Waals surface area contributed by atoms with E-state index in [0.717, 1.165) is 38.7 Å². The fourth-order valence-corrected chi connectivity index (χ4v) is 7.56. The zero-order valence-electron chi connectivity index (χ0n) is 28.8. The lowest BCUT2D eigenvalue weighted by Crippen LogP contribution is -1.94. The quantitative estimate of drug-likeness (QED) is 0.146. The number of hydrogen-bond acceptors (Lipinski definition) is 4. The minimum absolute atomic E-state index is 0.0100. The van der Waals surface area contributed by atoms with Crippen LogP contribution in [0.4, 0.5) is 5.69 Å². The lowest BCUT2D eigenvalue weighted by atomic mass is 10.1. The molecule has 8 nitrogen and oxygen atoms in total. The second-order valence-electron chi connectivity index (χ2n) is 13.3. The average molecular weight is 699 g/mol. The fraction of sp³-hybridized carbons (Fsp3) is 0. The van der Waals surface area contributed by atoms with Crippen molar-refractivity contribution in [1.29, 1.82) is 0 Å². The number of H-pyrrole nitrogens is 1. The van der Waals surface area contributed by atoms with Gasteiger partial charge in [0.05, 0.1) is 32.5 Å². The van der Waals surface area contributed by atoms with E-state index in [0.29, 0.717) is 5.69 Å². The predicted octanol–water partition coefficient (Wildman–Crippen LogP) is 11.6. The minimum atomic E-state index is -0.396. The number of nitrogens with one attached hydrogen (secondary N) is 1. The number of rotatable bonds is 4. The molecule has 0 saturated heterocycles. The second-order valence-corrected chi connectivity index (χ2v) is 13.3. The van der Waals surface area contributed by atoms with Gasteiger partial charge in [-0.15, -0.1) is 0 Å². The van der Waals surface area contributed by atoms with Crippen LogP contribution in [0.2, 0.25) is 0 Å². The Labute approximate surface area is 308 Å². The summed E-state index contributed by atoms with van der Waals surface area (Å²) in [5.74, 6) is 0. The summed E-state index contributed by atoms with van der Waals surface area (Å²) in [5, 5.41) is 19.6. The van der Waals surface area contributed by atoms with E-state index in [-0.39, 0.29) is 5.69 Å².